The van der Waals surface area contributed by atoms with Crippen molar-refractivity contribution in [1.29, 1.82) is 5.26 Å². The molecular formula is C17H21N3O. The minimum absolute atomic E-state index is 0.101. The predicted octanol–water partition coefficient (Wildman–Crippen LogP) is 2.01. The molecule has 1 aliphatic heterocycles. The fourth-order valence-electron chi connectivity index (χ4n) is 3.18. The number of nitriles is 1. The molecule has 1 atom stereocenters. The highest BCUT2D eigenvalue weighted by Crippen LogP contribution is 2.45. The van der Waals surface area contributed by atoms with Gasteiger partial charge in [-0.15, -0.1) is 0 Å². The number of likely N-dealkylation sites (tertiary alicyclic amines) is 1. The number of benzene rings is 1. The van der Waals surface area contributed by atoms with Crippen molar-refractivity contribution < 1.29 is 4.79 Å². The Morgan fingerprint density at radius 2 is 2.33 bits per heavy atom. The Bertz CT molecular complexity index is 586. The summed E-state index contributed by atoms with van der Waals surface area (Å²) in [5.41, 5.74) is 1.49. The molecule has 1 unspecified atom stereocenters. The monoisotopic (exact) mass is 283 g/mol. The molecule has 1 aliphatic carbocycles. The van der Waals surface area contributed by atoms with Crippen LogP contribution in [0.25, 0.3) is 0 Å². The van der Waals surface area contributed by atoms with Gasteiger partial charge in [-0.1, -0.05) is 19.1 Å². The summed E-state index contributed by atoms with van der Waals surface area (Å²) in [7, 11) is 0. The lowest BCUT2D eigenvalue weighted by Crippen LogP contribution is -2.41. The van der Waals surface area contributed by atoms with Gasteiger partial charge in [0.2, 0.25) is 5.91 Å². The summed E-state index contributed by atoms with van der Waals surface area (Å²) in [5, 5.41) is 12.2. The van der Waals surface area contributed by atoms with Crippen LogP contribution in [0.15, 0.2) is 24.3 Å². The van der Waals surface area contributed by atoms with Gasteiger partial charge in [-0.05, 0) is 49.4 Å². The van der Waals surface area contributed by atoms with Gasteiger partial charge in [-0.2, -0.15) is 5.26 Å². The van der Waals surface area contributed by atoms with Crippen LogP contribution in [0.3, 0.4) is 0 Å². The van der Waals surface area contributed by atoms with Crippen LogP contribution in [0.1, 0.15) is 37.3 Å². The zero-order valence-corrected chi connectivity index (χ0v) is 12.4. The van der Waals surface area contributed by atoms with E-state index in [9.17, 15) is 4.79 Å². The van der Waals surface area contributed by atoms with Crippen molar-refractivity contribution in [2.24, 2.45) is 5.92 Å². The van der Waals surface area contributed by atoms with Crippen molar-refractivity contribution in [3.05, 3.63) is 35.4 Å². The first-order valence-corrected chi connectivity index (χ1v) is 7.65. The summed E-state index contributed by atoms with van der Waals surface area (Å²) in [6.45, 7) is 4.76. The molecule has 1 heterocycles. The predicted molar refractivity (Wildman–Crippen MR) is 80.4 cm³/mol. The molecule has 0 bridgehead atoms. The molecule has 2 aliphatic rings. The first kappa shape index (κ1) is 14.1. The van der Waals surface area contributed by atoms with Gasteiger partial charge in [0.25, 0.3) is 0 Å². The molecule has 1 saturated carbocycles. The van der Waals surface area contributed by atoms with Crippen LogP contribution in [0.5, 0.6) is 0 Å². The zero-order chi connectivity index (χ0) is 14.9. The standard InChI is InChI=1S/C17H21N3O/c1-13-5-8-20(11-13)12-16(21)19-17(6-7-17)15-4-2-3-14(9-15)10-18/h2-4,9,13H,5-8,11-12H2,1H3,(H,19,21). The van der Waals surface area contributed by atoms with Crippen LogP contribution in [-0.4, -0.2) is 30.4 Å². The molecule has 1 aromatic rings. The first-order chi connectivity index (χ1) is 10.1. The Morgan fingerprint density at radius 1 is 1.52 bits per heavy atom. The smallest absolute Gasteiger partial charge is 0.234 e. The van der Waals surface area contributed by atoms with Crippen molar-refractivity contribution in [1.82, 2.24) is 10.2 Å². The number of amides is 1. The van der Waals surface area contributed by atoms with Gasteiger partial charge in [0, 0.05) is 6.54 Å². The molecule has 0 aromatic heterocycles. The number of rotatable bonds is 4. The van der Waals surface area contributed by atoms with E-state index in [0.717, 1.165) is 31.5 Å². The van der Waals surface area contributed by atoms with Gasteiger partial charge in [-0.3, -0.25) is 9.69 Å². The molecule has 0 spiro atoms. The minimum atomic E-state index is -0.227. The van der Waals surface area contributed by atoms with E-state index < -0.39 is 0 Å². The van der Waals surface area contributed by atoms with Gasteiger partial charge in [0.15, 0.2) is 0 Å². The van der Waals surface area contributed by atoms with E-state index in [1.54, 1.807) is 6.07 Å². The lowest BCUT2D eigenvalue weighted by Gasteiger charge is -2.21. The van der Waals surface area contributed by atoms with Gasteiger partial charge in [0.05, 0.1) is 23.7 Å². The van der Waals surface area contributed by atoms with Crippen LogP contribution in [-0.2, 0) is 10.3 Å². The van der Waals surface area contributed by atoms with Crippen LogP contribution >= 0.6 is 0 Å². The molecule has 0 radical (unpaired) electrons. The average Bonchev–Trinajstić information content (AvgIpc) is 3.15. The van der Waals surface area contributed by atoms with Gasteiger partial charge in [0.1, 0.15) is 0 Å². The van der Waals surface area contributed by atoms with Crippen LogP contribution < -0.4 is 5.32 Å². The third-order valence-electron chi connectivity index (χ3n) is 4.55. The molecule has 4 heteroatoms. The van der Waals surface area contributed by atoms with Crippen molar-refractivity contribution in [3.8, 4) is 6.07 Å². The third kappa shape index (κ3) is 3.08. The molecule has 4 nitrogen and oxygen atoms in total. The summed E-state index contributed by atoms with van der Waals surface area (Å²) in [4.78, 5) is 14.5. The number of hydrogen-bond acceptors (Lipinski definition) is 3. The summed E-state index contributed by atoms with van der Waals surface area (Å²) in [6.07, 6.45) is 3.11. The van der Waals surface area contributed by atoms with E-state index in [-0.39, 0.29) is 11.4 Å². The normalized spacial score (nSPS) is 23.5. The van der Waals surface area contributed by atoms with Crippen molar-refractivity contribution in [2.45, 2.75) is 31.7 Å². The number of nitrogens with one attached hydrogen (secondary N) is 1. The van der Waals surface area contributed by atoms with Gasteiger partial charge < -0.3 is 5.32 Å². The van der Waals surface area contributed by atoms with Crippen LogP contribution in [0, 0.1) is 17.2 Å². The second-order valence-corrected chi connectivity index (χ2v) is 6.45. The molecule has 1 N–H and O–H groups in total. The van der Waals surface area contributed by atoms with Gasteiger partial charge in [-0.25, -0.2) is 0 Å². The average molecular weight is 283 g/mol. The van der Waals surface area contributed by atoms with Crippen LogP contribution in [0.4, 0.5) is 0 Å². The fourth-order valence-corrected chi connectivity index (χ4v) is 3.18. The van der Waals surface area contributed by atoms with Crippen molar-refractivity contribution in [3.63, 3.8) is 0 Å². The molecular weight excluding hydrogens is 262 g/mol. The Hall–Kier alpha value is -1.86. The van der Waals surface area contributed by atoms with E-state index in [0.29, 0.717) is 18.0 Å². The zero-order valence-electron chi connectivity index (χ0n) is 12.4. The second kappa shape index (κ2) is 5.50. The number of carbonyl (C=O) groups excluding carboxylic acids is 1. The molecule has 1 aromatic carbocycles. The Balaban J connectivity index is 1.63. The van der Waals surface area contributed by atoms with Gasteiger partial charge >= 0.3 is 0 Å². The Morgan fingerprint density at radius 3 is 2.95 bits per heavy atom. The fraction of sp³-hybridized carbons (Fsp3) is 0.529. The van der Waals surface area contributed by atoms with E-state index in [4.69, 9.17) is 5.26 Å². The summed E-state index contributed by atoms with van der Waals surface area (Å²) < 4.78 is 0. The summed E-state index contributed by atoms with van der Waals surface area (Å²) in [5.74, 6) is 0.795. The number of carbonyl (C=O) groups is 1. The lowest BCUT2D eigenvalue weighted by atomic mass is 10.0. The maximum atomic E-state index is 12.3. The van der Waals surface area contributed by atoms with Crippen molar-refractivity contribution in [2.75, 3.05) is 19.6 Å². The SMILES string of the molecule is CC1CCN(CC(=O)NC2(c3cccc(C#N)c3)CC2)C1. The van der Waals surface area contributed by atoms with E-state index >= 15 is 0 Å². The highest BCUT2D eigenvalue weighted by Gasteiger charge is 2.45. The molecule has 1 amide bonds. The Kier molecular flexibility index (Phi) is 3.69. The highest BCUT2D eigenvalue weighted by atomic mass is 16.2. The molecule has 110 valence electrons. The maximum absolute atomic E-state index is 12.3. The molecule has 2 fully saturated rings. The summed E-state index contributed by atoms with van der Waals surface area (Å²) in [6, 6.07) is 9.75. The molecule has 21 heavy (non-hydrogen) atoms. The number of hydrogen-bond donors (Lipinski definition) is 1. The first-order valence-electron chi connectivity index (χ1n) is 7.65. The lowest BCUT2D eigenvalue weighted by molar-refractivity contribution is -0.123. The third-order valence-corrected chi connectivity index (χ3v) is 4.55. The van der Waals surface area contributed by atoms with E-state index in [1.165, 1.54) is 6.42 Å². The molecule has 3 rings (SSSR count). The summed E-state index contributed by atoms with van der Waals surface area (Å²) >= 11 is 0. The Labute approximate surface area is 125 Å². The molecule has 1 saturated heterocycles. The van der Waals surface area contributed by atoms with Crippen LogP contribution in [0.2, 0.25) is 0 Å². The second-order valence-electron chi connectivity index (χ2n) is 6.45. The van der Waals surface area contributed by atoms with E-state index in [2.05, 4.69) is 23.2 Å². The van der Waals surface area contributed by atoms with E-state index in [1.807, 2.05) is 18.2 Å². The topological polar surface area (TPSA) is 56.1 Å². The minimum Gasteiger partial charge on any atom is -0.345 e. The number of nitrogens with zero attached hydrogens (tertiary/aromatic N) is 2. The quantitative estimate of drug-likeness (QED) is 0.919. The van der Waals surface area contributed by atoms with Crippen molar-refractivity contribution >= 4 is 5.91 Å². The highest BCUT2D eigenvalue weighted by molar-refractivity contribution is 5.79. The largest absolute Gasteiger partial charge is 0.345 e. The maximum Gasteiger partial charge on any atom is 0.234 e.